The second-order valence-corrected chi connectivity index (χ2v) is 8.41. The average molecular weight is 509 g/mol. The number of carbonyl (C=O) groups is 1. The van der Waals surface area contributed by atoms with Gasteiger partial charge in [-0.05, 0) is 23.6 Å². The molecule has 1 aromatic heterocycles. The summed E-state index contributed by atoms with van der Waals surface area (Å²) in [5.41, 5.74) is -2.75. The van der Waals surface area contributed by atoms with Crippen LogP contribution in [-0.4, -0.2) is 22.7 Å². The standard InChI is InChI=1S/C24H14Cl2F4N2O2/c1-2-3-4-21(33)16-6-5-15(14-7-8-31-12-17(14)16)20-11-23(34-32-20,24(28,29)30)13-9-18(25)22(27)19(26)10-13/h1,5-10,12H,3-4,11H2. The highest BCUT2D eigenvalue weighted by molar-refractivity contribution is 6.35. The molecule has 0 fully saturated rings. The van der Waals surface area contributed by atoms with E-state index >= 15 is 0 Å². The van der Waals surface area contributed by atoms with Gasteiger partial charge in [0.1, 0.15) is 0 Å². The van der Waals surface area contributed by atoms with Crippen molar-refractivity contribution in [1.82, 2.24) is 4.98 Å². The fourth-order valence-electron chi connectivity index (χ4n) is 3.84. The zero-order chi connectivity index (χ0) is 24.7. The molecule has 1 aliphatic heterocycles. The second kappa shape index (κ2) is 8.90. The van der Waals surface area contributed by atoms with Crippen molar-refractivity contribution in [1.29, 1.82) is 0 Å². The van der Waals surface area contributed by atoms with Gasteiger partial charge in [-0.25, -0.2) is 4.39 Å². The largest absolute Gasteiger partial charge is 0.435 e. The van der Waals surface area contributed by atoms with Crippen molar-refractivity contribution in [2.45, 2.75) is 31.0 Å². The number of hydrogen-bond acceptors (Lipinski definition) is 4. The van der Waals surface area contributed by atoms with Crippen LogP contribution in [0.5, 0.6) is 0 Å². The summed E-state index contributed by atoms with van der Waals surface area (Å²) in [7, 11) is 0. The van der Waals surface area contributed by atoms with E-state index in [1.165, 1.54) is 24.5 Å². The lowest BCUT2D eigenvalue weighted by atomic mass is 9.85. The fraction of sp³-hybridized carbons (Fsp3) is 0.208. The number of halogens is 6. The minimum atomic E-state index is -4.94. The van der Waals surface area contributed by atoms with E-state index in [1.54, 1.807) is 6.07 Å². The zero-order valence-electron chi connectivity index (χ0n) is 17.2. The number of hydrogen-bond donors (Lipinski definition) is 0. The summed E-state index contributed by atoms with van der Waals surface area (Å²) < 4.78 is 56.8. The number of benzene rings is 2. The first-order valence-electron chi connectivity index (χ1n) is 9.89. The number of ketones is 1. The molecule has 0 radical (unpaired) electrons. The van der Waals surface area contributed by atoms with Gasteiger partial charge in [0.05, 0.1) is 15.8 Å². The normalized spacial score (nSPS) is 17.9. The second-order valence-electron chi connectivity index (χ2n) is 7.59. The molecule has 4 rings (SSSR count). The summed E-state index contributed by atoms with van der Waals surface area (Å²) in [6.45, 7) is 0. The number of alkyl halides is 3. The number of oxime groups is 1. The lowest BCUT2D eigenvalue weighted by Crippen LogP contribution is -2.42. The Kier molecular flexibility index (Phi) is 6.28. The fourth-order valence-corrected chi connectivity index (χ4v) is 4.33. The third-order valence-electron chi connectivity index (χ3n) is 5.56. The van der Waals surface area contributed by atoms with Gasteiger partial charge >= 0.3 is 6.18 Å². The van der Waals surface area contributed by atoms with Crippen LogP contribution >= 0.6 is 23.2 Å². The van der Waals surface area contributed by atoms with Crippen LogP contribution in [0.4, 0.5) is 17.6 Å². The van der Waals surface area contributed by atoms with Gasteiger partial charge in [0.25, 0.3) is 5.60 Å². The van der Waals surface area contributed by atoms with Gasteiger partial charge in [-0.15, -0.1) is 12.3 Å². The molecule has 2 heterocycles. The van der Waals surface area contributed by atoms with Gasteiger partial charge < -0.3 is 4.84 Å². The predicted molar refractivity (Wildman–Crippen MR) is 121 cm³/mol. The van der Waals surface area contributed by atoms with Crippen LogP contribution in [0.25, 0.3) is 10.8 Å². The van der Waals surface area contributed by atoms with Gasteiger partial charge in [0, 0.05) is 53.7 Å². The Morgan fingerprint density at radius 1 is 1.18 bits per heavy atom. The molecule has 0 N–H and O–H groups in total. The first-order valence-corrected chi connectivity index (χ1v) is 10.6. The maximum Gasteiger partial charge on any atom is 0.435 e. The van der Waals surface area contributed by atoms with Crippen molar-refractivity contribution in [3.8, 4) is 12.3 Å². The van der Waals surface area contributed by atoms with E-state index in [0.29, 0.717) is 21.9 Å². The van der Waals surface area contributed by atoms with E-state index in [4.69, 9.17) is 34.5 Å². The molecule has 2 aromatic carbocycles. The van der Waals surface area contributed by atoms with Crippen molar-refractivity contribution >= 4 is 45.5 Å². The maximum absolute atomic E-state index is 14.3. The highest BCUT2D eigenvalue weighted by Gasteiger charge is 2.62. The summed E-state index contributed by atoms with van der Waals surface area (Å²) in [6, 6.07) is 6.23. The first-order chi connectivity index (χ1) is 16.1. The molecular weight excluding hydrogens is 495 g/mol. The Bertz CT molecular complexity index is 1360. The molecule has 0 saturated heterocycles. The molecule has 1 atom stereocenters. The Hall–Kier alpha value is -3.15. The van der Waals surface area contributed by atoms with Crippen molar-refractivity contribution in [3.05, 3.63) is 75.3 Å². The van der Waals surface area contributed by atoms with Gasteiger partial charge in [0.2, 0.25) is 0 Å². The average Bonchev–Trinajstić information content (AvgIpc) is 3.26. The monoisotopic (exact) mass is 508 g/mol. The molecular formula is C24H14Cl2F4N2O2. The van der Waals surface area contributed by atoms with Crippen LogP contribution < -0.4 is 0 Å². The summed E-state index contributed by atoms with van der Waals surface area (Å²) >= 11 is 11.5. The minimum Gasteiger partial charge on any atom is -0.374 e. The van der Waals surface area contributed by atoms with Gasteiger partial charge in [-0.2, -0.15) is 13.2 Å². The lowest BCUT2D eigenvalue weighted by molar-refractivity contribution is -0.275. The van der Waals surface area contributed by atoms with Gasteiger partial charge in [-0.3, -0.25) is 9.78 Å². The molecule has 34 heavy (non-hydrogen) atoms. The van der Waals surface area contributed by atoms with Crippen molar-refractivity contribution < 1.29 is 27.2 Å². The zero-order valence-corrected chi connectivity index (χ0v) is 18.7. The van der Waals surface area contributed by atoms with Crippen LogP contribution in [0.2, 0.25) is 10.0 Å². The maximum atomic E-state index is 14.3. The number of carbonyl (C=O) groups excluding carboxylic acids is 1. The third-order valence-corrected chi connectivity index (χ3v) is 6.11. The lowest BCUT2D eigenvalue weighted by Gasteiger charge is -2.29. The van der Waals surface area contributed by atoms with Crippen LogP contribution in [0.15, 0.2) is 47.9 Å². The Morgan fingerprint density at radius 3 is 2.53 bits per heavy atom. The van der Waals surface area contributed by atoms with Crippen LogP contribution in [0, 0.1) is 18.2 Å². The van der Waals surface area contributed by atoms with Crippen molar-refractivity contribution in [2.75, 3.05) is 0 Å². The molecule has 0 amide bonds. The quantitative estimate of drug-likeness (QED) is 0.164. The Morgan fingerprint density at radius 2 is 1.88 bits per heavy atom. The predicted octanol–water partition coefficient (Wildman–Crippen LogP) is 6.86. The Labute approximate surface area is 201 Å². The number of fused-ring (bicyclic) bond motifs is 1. The van der Waals surface area contributed by atoms with E-state index in [0.717, 1.165) is 12.1 Å². The highest BCUT2D eigenvalue weighted by atomic mass is 35.5. The number of nitrogens with zero attached hydrogens (tertiary/aromatic N) is 2. The molecule has 4 nitrogen and oxygen atoms in total. The van der Waals surface area contributed by atoms with Gasteiger partial charge in [-0.1, -0.05) is 40.5 Å². The van der Waals surface area contributed by atoms with Crippen molar-refractivity contribution in [2.24, 2.45) is 5.16 Å². The summed E-state index contributed by atoms with van der Waals surface area (Å²) in [4.78, 5) is 21.6. The summed E-state index contributed by atoms with van der Waals surface area (Å²) in [5.74, 6) is 1.15. The molecule has 0 aliphatic carbocycles. The molecule has 3 aromatic rings. The molecule has 1 unspecified atom stereocenters. The smallest absolute Gasteiger partial charge is 0.374 e. The molecule has 1 aliphatic rings. The van der Waals surface area contributed by atoms with Crippen molar-refractivity contribution in [3.63, 3.8) is 0 Å². The first kappa shape index (κ1) is 24.0. The molecule has 0 saturated carbocycles. The van der Waals surface area contributed by atoms with E-state index in [-0.39, 0.29) is 24.3 Å². The highest BCUT2D eigenvalue weighted by Crippen LogP contribution is 2.50. The number of Topliss-reactive ketones (excluding diaryl/α,β-unsaturated/α-hetero) is 1. The van der Waals surface area contributed by atoms with Crippen LogP contribution in [0.3, 0.4) is 0 Å². The van der Waals surface area contributed by atoms with E-state index in [1.807, 2.05) is 0 Å². The minimum absolute atomic E-state index is 0.0206. The number of terminal acetylenes is 1. The topological polar surface area (TPSA) is 51.5 Å². The van der Waals surface area contributed by atoms with Crippen LogP contribution in [0.1, 0.15) is 40.7 Å². The summed E-state index contributed by atoms with van der Waals surface area (Å²) in [6.07, 6.45) is 2.85. The molecule has 0 spiro atoms. The van der Waals surface area contributed by atoms with E-state index < -0.39 is 39.6 Å². The molecule has 10 heteroatoms. The molecule has 174 valence electrons. The van der Waals surface area contributed by atoms with E-state index in [9.17, 15) is 22.4 Å². The molecule has 0 bridgehead atoms. The summed E-state index contributed by atoms with van der Waals surface area (Å²) in [5, 5.41) is 3.51. The number of aromatic nitrogens is 1. The number of pyridine rings is 1. The SMILES string of the molecule is C#CCCC(=O)c1ccc(C2=NOC(c3cc(Cl)c(F)c(Cl)c3)(C(F)(F)F)C2)c2ccncc12. The third kappa shape index (κ3) is 3.99. The van der Waals surface area contributed by atoms with Crippen LogP contribution in [-0.2, 0) is 10.4 Å². The van der Waals surface area contributed by atoms with Gasteiger partial charge in [0.15, 0.2) is 11.6 Å². The number of rotatable bonds is 5. The Balaban J connectivity index is 1.80. The van der Waals surface area contributed by atoms with E-state index in [2.05, 4.69) is 16.1 Å².